The number of hydrogen-bond acceptors (Lipinski definition) is 6. The minimum Gasteiger partial charge on any atom is -0.493 e. The maximum atomic E-state index is 12.2. The molecule has 0 bridgehead atoms. The van der Waals surface area contributed by atoms with Gasteiger partial charge in [-0.3, -0.25) is 4.79 Å². The number of methoxy groups -OCH3 is 1. The minimum absolute atomic E-state index is 0.0255. The van der Waals surface area contributed by atoms with Gasteiger partial charge < -0.3 is 20.5 Å². The van der Waals surface area contributed by atoms with Crippen LogP contribution in [0.2, 0.25) is 0 Å². The number of aromatic nitrogens is 1. The Labute approximate surface area is 150 Å². The fourth-order valence-electron chi connectivity index (χ4n) is 2.88. The Morgan fingerprint density at radius 1 is 1.52 bits per heavy atom. The van der Waals surface area contributed by atoms with Crippen LogP contribution < -0.4 is 20.5 Å². The molecule has 132 valence electrons. The maximum absolute atomic E-state index is 12.2. The molecule has 0 unspecified atom stereocenters. The quantitative estimate of drug-likeness (QED) is 0.802. The number of nitrogens with zero attached hydrogens (tertiary/aromatic N) is 1. The smallest absolute Gasteiger partial charge is 0.221 e. The van der Waals surface area contributed by atoms with Gasteiger partial charge in [-0.2, -0.15) is 0 Å². The van der Waals surface area contributed by atoms with Crippen LogP contribution in [0.3, 0.4) is 0 Å². The fraction of sp³-hybridized carbons (Fsp3) is 0.333. The molecule has 2 aromatic rings. The van der Waals surface area contributed by atoms with Gasteiger partial charge in [0.05, 0.1) is 19.3 Å². The monoisotopic (exact) mass is 359 g/mol. The first-order valence-electron chi connectivity index (χ1n) is 7.95. The minimum atomic E-state index is -0.178. The zero-order valence-corrected chi connectivity index (χ0v) is 15.1. The molecular formula is C18H21N3O3S. The van der Waals surface area contributed by atoms with E-state index in [1.165, 1.54) is 11.3 Å². The zero-order valence-electron chi connectivity index (χ0n) is 14.3. The largest absolute Gasteiger partial charge is 0.493 e. The average molecular weight is 359 g/mol. The molecule has 1 aromatic carbocycles. The summed E-state index contributed by atoms with van der Waals surface area (Å²) in [7, 11) is 1.60. The molecule has 1 aliphatic rings. The SMILES string of the molecule is C=C(C)COc1c(OC)cccc1[C@@H]1CC(=O)NCc2nc(N)sc21. The molecule has 25 heavy (non-hydrogen) atoms. The molecule has 0 radical (unpaired) electrons. The van der Waals surface area contributed by atoms with Crippen molar-refractivity contribution in [3.05, 3.63) is 46.5 Å². The van der Waals surface area contributed by atoms with E-state index in [0.29, 0.717) is 36.2 Å². The van der Waals surface area contributed by atoms with Gasteiger partial charge in [0.2, 0.25) is 5.91 Å². The van der Waals surface area contributed by atoms with E-state index in [0.717, 1.165) is 21.7 Å². The van der Waals surface area contributed by atoms with Crippen molar-refractivity contribution >= 4 is 22.4 Å². The number of rotatable bonds is 5. The summed E-state index contributed by atoms with van der Waals surface area (Å²) < 4.78 is 11.4. The van der Waals surface area contributed by atoms with Gasteiger partial charge in [0.25, 0.3) is 0 Å². The van der Waals surface area contributed by atoms with Crippen molar-refractivity contribution in [2.24, 2.45) is 0 Å². The van der Waals surface area contributed by atoms with E-state index in [4.69, 9.17) is 15.2 Å². The molecule has 0 aliphatic carbocycles. The lowest BCUT2D eigenvalue weighted by molar-refractivity contribution is -0.121. The number of carbonyl (C=O) groups is 1. The van der Waals surface area contributed by atoms with E-state index in [1.807, 2.05) is 25.1 Å². The molecule has 1 aliphatic heterocycles. The number of nitrogens with two attached hydrogens (primary N) is 1. The molecule has 0 fully saturated rings. The number of para-hydroxylation sites is 1. The van der Waals surface area contributed by atoms with Crippen LogP contribution in [0.4, 0.5) is 5.13 Å². The molecule has 1 atom stereocenters. The number of fused-ring (bicyclic) bond motifs is 1. The molecule has 0 saturated carbocycles. The van der Waals surface area contributed by atoms with Gasteiger partial charge in [0.15, 0.2) is 16.6 Å². The van der Waals surface area contributed by atoms with E-state index < -0.39 is 0 Å². The first-order chi connectivity index (χ1) is 12.0. The highest BCUT2D eigenvalue weighted by atomic mass is 32.1. The van der Waals surface area contributed by atoms with E-state index in [9.17, 15) is 4.79 Å². The molecule has 1 amide bonds. The second-order valence-corrected chi connectivity index (χ2v) is 7.08. The summed E-state index contributed by atoms with van der Waals surface area (Å²) in [6, 6.07) is 5.70. The summed E-state index contributed by atoms with van der Waals surface area (Å²) >= 11 is 1.42. The summed E-state index contributed by atoms with van der Waals surface area (Å²) in [5, 5.41) is 3.37. The fourth-order valence-corrected chi connectivity index (χ4v) is 3.85. The number of carbonyl (C=O) groups excluding carboxylic acids is 1. The van der Waals surface area contributed by atoms with Gasteiger partial charge >= 0.3 is 0 Å². The highest BCUT2D eigenvalue weighted by Crippen LogP contribution is 2.44. The van der Waals surface area contributed by atoms with Gasteiger partial charge in [-0.05, 0) is 18.6 Å². The molecule has 2 heterocycles. The topological polar surface area (TPSA) is 86.5 Å². The van der Waals surface area contributed by atoms with Crippen LogP contribution in [0.5, 0.6) is 11.5 Å². The van der Waals surface area contributed by atoms with Crippen LogP contribution in [0, 0.1) is 0 Å². The molecule has 3 N–H and O–H groups in total. The van der Waals surface area contributed by atoms with Crippen LogP contribution in [-0.2, 0) is 11.3 Å². The standard InChI is InChI=1S/C18H21N3O3S/c1-10(2)9-24-16-11(5-4-6-14(16)23-3)12-7-15(22)20-8-13-17(12)25-18(19)21-13/h4-6,12H,1,7-9H2,2-3H3,(H2,19,21)(H,20,22)/t12-/m0/s1. The second-order valence-electron chi connectivity index (χ2n) is 6.02. The van der Waals surface area contributed by atoms with Gasteiger partial charge in [-0.15, -0.1) is 11.3 Å². The Morgan fingerprint density at radius 3 is 3.04 bits per heavy atom. The lowest BCUT2D eigenvalue weighted by Gasteiger charge is -2.20. The molecule has 6 nitrogen and oxygen atoms in total. The summed E-state index contributed by atoms with van der Waals surface area (Å²) in [6.07, 6.45) is 0.311. The molecule has 3 rings (SSSR count). The summed E-state index contributed by atoms with van der Waals surface area (Å²) in [6.45, 7) is 6.55. The third kappa shape index (κ3) is 3.61. The Kier molecular flexibility index (Phi) is 4.94. The number of thiazole rings is 1. The number of nitrogen functional groups attached to an aromatic ring is 1. The lowest BCUT2D eigenvalue weighted by atomic mass is 9.92. The van der Waals surface area contributed by atoms with E-state index in [-0.39, 0.29) is 11.8 Å². The van der Waals surface area contributed by atoms with Gasteiger partial charge in [0, 0.05) is 22.8 Å². The Morgan fingerprint density at radius 2 is 2.32 bits per heavy atom. The van der Waals surface area contributed by atoms with Gasteiger partial charge in [-0.25, -0.2) is 4.98 Å². The van der Waals surface area contributed by atoms with Crippen molar-refractivity contribution in [3.8, 4) is 11.5 Å². The summed E-state index contributed by atoms with van der Waals surface area (Å²) in [4.78, 5) is 17.6. The molecular weight excluding hydrogens is 338 g/mol. The first-order valence-corrected chi connectivity index (χ1v) is 8.77. The Hall–Kier alpha value is -2.54. The van der Waals surface area contributed by atoms with E-state index in [2.05, 4.69) is 16.9 Å². The van der Waals surface area contributed by atoms with Crippen molar-refractivity contribution in [2.45, 2.75) is 25.8 Å². The normalized spacial score (nSPS) is 16.6. The van der Waals surface area contributed by atoms with Crippen LogP contribution in [0.1, 0.15) is 35.4 Å². The third-order valence-corrected chi connectivity index (χ3v) is 5.01. The van der Waals surface area contributed by atoms with Crippen molar-refractivity contribution in [2.75, 3.05) is 19.5 Å². The lowest BCUT2D eigenvalue weighted by Crippen LogP contribution is -2.21. The highest BCUT2D eigenvalue weighted by Gasteiger charge is 2.30. The van der Waals surface area contributed by atoms with Gasteiger partial charge in [-0.1, -0.05) is 18.7 Å². The predicted molar refractivity (Wildman–Crippen MR) is 98.1 cm³/mol. The molecule has 1 aromatic heterocycles. The number of nitrogens with one attached hydrogen (secondary N) is 1. The third-order valence-electron chi connectivity index (χ3n) is 3.97. The number of hydrogen-bond donors (Lipinski definition) is 2. The number of amides is 1. The summed E-state index contributed by atoms with van der Waals surface area (Å²) in [5.41, 5.74) is 8.51. The Bertz CT molecular complexity index is 816. The maximum Gasteiger partial charge on any atom is 0.221 e. The van der Waals surface area contributed by atoms with Crippen molar-refractivity contribution in [1.82, 2.24) is 10.3 Å². The van der Waals surface area contributed by atoms with Crippen LogP contribution in [0.15, 0.2) is 30.4 Å². The first kappa shape index (κ1) is 17.3. The van der Waals surface area contributed by atoms with Crippen molar-refractivity contribution in [3.63, 3.8) is 0 Å². The van der Waals surface area contributed by atoms with Crippen LogP contribution in [0.25, 0.3) is 0 Å². The number of benzene rings is 1. The van der Waals surface area contributed by atoms with Crippen LogP contribution >= 0.6 is 11.3 Å². The number of anilines is 1. The highest BCUT2D eigenvalue weighted by molar-refractivity contribution is 7.15. The van der Waals surface area contributed by atoms with Crippen LogP contribution in [-0.4, -0.2) is 24.6 Å². The van der Waals surface area contributed by atoms with Gasteiger partial charge in [0.1, 0.15) is 6.61 Å². The number of ether oxygens (including phenoxy) is 2. The molecule has 7 heteroatoms. The summed E-state index contributed by atoms with van der Waals surface area (Å²) in [5.74, 6) is 1.05. The molecule has 0 saturated heterocycles. The Balaban J connectivity index is 2.10. The van der Waals surface area contributed by atoms with Crippen molar-refractivity contribution in [1.29, 1.82) is 0 Å². The molecule has 0 spiro atoms. The van der Waals surface area contributed by atoms with E-state index in [1.54, 1.807) is 7.11 Å². The van der Waals surface area contributed by atoms with Crippen molar-refractivity contribution < 1.29 is 14.3 Å². The zero-order chi connectivity index (χ0) is 18.0. The second kappa shape index (κ2) is 7.14. The average Bonchev–Trinajstić information content (AvgIpc) is 2.89. The predicted octanol–water partition coefficient (Wildman–Crippen LogP) is 2.84. The van der Waals surface area contributed by atoms with E-state index >= 15 is 0 Å².